The molecule has 0 radical (unpaired) electrons. The summed E-state index contributed by atoms with van der Waals surface area (Å²) in [5.74, 6) is 1.32. The molecule has 0 unspecified atom stereocenters. The van der Waals surface area contributed by atoms with E-state index in [-0.39, 0.29) is 5.54 Å². The molecule has 3 rings (SSSR count). The number of hydrogen-bond acceptors (Lipinski definition) is 4. The zero-order valence-electron chi connectivity index (χ0n) is 11.8. The molecule has 0 aliphatic carbocycles. The van der Waals surface area contributed by atoms with Gasteiger partial charge in [-0.25, -0.2) is 4.98 Å². The molecule has 2 aromatic heterocycles. The van der Waals surface area contributed by atoms with Crippen molar-refractivity contribution in [2.45, 2.75) is 26.3 Å². The Bertz CT molecular complexity index is 663. The molecule has 0 fully saturated rings. The molecule has 0 saturated carbocycles. The lowest BCUT2D eigenvalue weighted by Crippen LogP contribution is -2.31. The SMILES string of the molecule is CC1=CC(C)(C)Nc2ccc(Oc3ccncc3)nc21. The Balaban J connectivity index is 1.93. The van der Waals surface area contributed by atoms with Crippen LogP contribution in [0.3, 0.4) is 0 Å². The van der Waals surface area contributed by atoms with Crippen molar-refractivity contribution in [2.24, 2.45) is 0 Å². The summed E-state index contributed by atoms with van der Waals surface area (Å²) in [5.41, 5.74) is 3.09. The highest BCUT2D eigenvalue weighted by atomic mass is 16.5. The second-order valence-corrected chi connectivity index (χ2v) is 5.50. The Morgan fingerprint density at radius 2 is 1.85 bits per heavy atom. The Morgan fingerprint density at radius 1 is 1.10 bits per heavy atom. The average molecular weight is 267 g/mol. The number of nitrogens with zero attached hydrogens (tertiary/aromatic N) is 2. The molecule has 1 aliphatic heterocycles. The van der Waals surface area contributed by atoms with Crippen molar-refractivity contribution in [1.82, 2.24) is 9.97 Å². The van der Waals surface area contributed by atoms with Crippen LogP contribution in [-0.4, -0.2) is 15.5 Å². The van der Waals surface area contributed by atoms with E-state index in [1.54, 1.807) is 12.4 Å². The van der Waals surface area contributed by atoms with Gasteiger partial charge in [0.1, 0.15) is 5.75 Å². The highest BCUT2D eigenvalue weighted by Crippen LogP contribution is 2.34. The molecule has 3 heterocycles. The number of aromatic nitrogens is 2. The molecule has 2 aromatic rings. The first-order chi connectivity index (χ1) is 9.53. The Hall–Kier alpha value is -2.36. The second-order valence-electron chi connectivity index (χ2n) is 5.50. The molecule has 0 aromatic carbocycles. The number of hydrogen-bond donors (Lipinski definition) is 1. The van der Waals surface area contributed by atoms with Crippen LogP contribution in [0.1, 0.15) is 26.5 Å². The van der Waals surface area contributed by atoms with Crippen molar-refractivity contribution in [2.75, 3.05) is 5.32 Å². The molecule has 0 saturated heterocycles. The normalized spacial score (nSPS) is 15.8. The predicted octanol–water partition coefficient (Wildman–Crippen LogP) is 3.88. The van der Waals surface area contributed by atoms with Crippen molar-refractivity contribution >= 4 is 11.3 Å². The Morgan fingerprint density at radius 3 is 2.60 bits per heavy atom. The first-order valence-electron chi connectivity index (χ1n) is 6.60. The number of ether oxygens (including phenoxy) is 1. The van der Waals surface area contributed by atoms with Crippen LogP contribution < -0.4 is 10.1 Å². The fraction of sp³-hybridized carbons (Fsp3) is 0.250. The minimum absolute atomic E-state index is 0.0494. The number of fused-ring (bicyclic) bond motifs is 1. The van der Waals surface area contributed by atoms with Crippen LogP contribution in [0.4, 0.5) is 5.69 Å². The monoisotopic (exact) mass is 267 g/mol. The molecule has 1 aliphatic rings. The van der Waals surface area contributed by atoms with Crippen molar-refractivity contribution < 1.29 is 4.74 Å². The van der Waals surface area contributed by atoms with E-state index in [9.17, 15) is 0 Å². The summed E-state index contributed by atoms with van der Waals surface area (Å²) in [6, 6.07) is 7.51. The molecule has 0 bridgehead atoms. The number of allylic oxidation sites excluding steroid dienone is 1. The van der Waals surface area contributed by atoms with Crippen molar-refractivity contribution in [3.8, 4) is 11.6 Å². The second kappa shape index (κ2) is 4.63. The lowest BCUT2D eigenvalue weighted by atomic mass is 9.94. The van der Waals surface area contributed by atoms with E-state index in [0.29, 0.717) is 5.88 Å². The summed E-state index contributed by atoms with van der Waals surface area (Å²) in [6.07, 6.45) is 5.57. The van der Waals surface area contributed by atoms with E-state index in [0.717, 1.165) is 22.7 Å². The maximum Gasteiger partial charge on any atom is 0.219 e. The van der Waals surface area contributed by atoms with Crippen LogP contribution in [-0.2, 0) is 0 Å². The maximum atomic E-state index is 5.74. The number of rotatable bonds is 2. The highest BCUT2D eigenvalue weighted by molar-refractivity contribution is 5.77. The Labute approximate surface area is 118 Å². The summed E-state index contributed by atoms with van der Waals surface area (Å²) in [4.78, 5) is 8.55. The van der Waals surface area contributed by atoms with Crippen LogP contribution in [0.15, 0.2) is 42.7 Å². The van der Waals surface area contributed by atoms with Gasteiger partial charge in [-0.3, -0.25) is 4.98 Å². The zero-order valence-corrected chi connectivity index (χ0v) is 11.8. The van der Waals surface area contributed by atoms with E-state index in [4.69, 9.17) is 4.74 Å². The number of anilines is 1. The van der Waals surface area contributed by atoms with E-state index in [2.05, 4.69) is 42.1 Å². The van der Waals surface area contributed by atoms with Gasteiger partial charge in [-0.2, -0.15) is 0 Å². The van der Waals surface area contributed by atoms with Gasteiger partial charge in [-0.15, -0.1) is 0 Å². The zero-order chi connectivity index (χ0) is 14.2. The lowest BCUT2D eigenvalue weighted by molar-refractivity contribution is 0.461. The van der Waals surface area contributed by atoms with E-state index < -0.39 is 0 Å². The average Bonchev–Trinajstić information content (AvgIpc) is 2.40. The van der Waals surface area contributed by atoms with E-state index >= 15 is 0 Å². The molecule has 4 heteroatoms. The summed E-state index contributed by atoms with van der Waals surface area (Å²) in [7, 11) is 0. The highest BCUT2D eigenvalue weighted by Gasteiger charge is 2.23. The smallest absolute Gasteiger partial charge is 0.219 e. The van der Waals surface area contributed by atoms with Gasteiger partial charge >= 0.3 is 0 Å². The third-order valence-corrected chi connectivity index (χ3v) is 3.15. The summed E-state index contributed by atoms with van der Waals surface area (Å²) < 4.78 is 5.74. The number of pyridine rings is 2. The van der Waals surface area contributed by atoms with Crippen LogP contribution in [0.5, 0.6) is 11.6 Å². The molecule has 0 atom stereocenters. The summed E-state index contributed by atoms with van der Waals surface area (Å²) in [5, 5.41) is 3.45. The molecular weight excluding hydrogens is 250 g/mol. The molecule has 102 valence electrons. The molecule has 20 heavy (non-hydrogen) atoms. The van der Waals surface area contributed by atoms with Crippen molar-refractivity contribution in [1.29, 1.82) is 0 Å². The molecule has 0 amide bonds. The van der Waals surface area contributed by atoms with Gasteiger partial charge < -0.3 is 10.1 Å². The fourth-order valence-corrected chi connectivity index (χ4v) is 2.42. The van der Waals surface area contributed by atoms with Gasteiger partial charge in [0.2, 0.25) is 5.88 Å². The van der Waals surface area contributed by atoms with Gasteiger partial charge in [0.05, 0.1) is 16.9 Å². The van der Waals surface area contributed by atoms with Gasteiger partial charge in [0.25, 0.3) is 0 Å². The summed E-state index contributed by atoms with van der Waals surface area (Å²) in [6.45, 7) is 6.35. The first-order valence-corrected chi connectivity index (χ1v) is 6.60. The molecule has 4 nitrogen and oxygen atoms in total. The number of nitrogens with one attached hydrogen (secondary N) is 1. The van der Waals surface area contributed by atoms with Crippen LogP contribution in [0, 0.1) is 0 Å². The van der Waals surface area contributed by atoms with Crippen LogP contribution >= 0.6 is 0 Å². The van der Waals surface area contributed by atoms with Gasteiger partial charge in [-0.1, -0.05) is 6.08 Å². The summed E-state index contributed by atoms with van der Waals surface area (Å²) >= 11 is 0. The molecule has 0 spiro atoms. The van der Waals surface area contributed by atoms with Crippen molar-refractivity contribution in [3.05, 3.63) is 48.4 Å². The minimum Gasteiger partial charge on any atom is -0.439 e. The minimum atomic E-state index is -0.0494. The largest absolute Gasteiger partial charge is 0.439 e. The topological polar surface area (TPSA) is 47.0 Å². The molecule has 1 N–H and O–H groups in total. The van der Waals surface area contributed by atoms with E-state index in [1.165, 1.54) is 0 Å². The fourth-order valence-electron chi connectivity index (χ4n) is 2.42. The Kier molecular flexibility index (Phi) is 2.93. The van der Waals surface area contributed by atoms with Crippen LogP contribution in [0.2, 0.25) is 0 Å². The van der Waals surface area contributed by atoms with Crippen LogP contribution in [0.25, 0.3) is 5.57 Å². The third kappa shape index (κ3) is 2.50. The first kappa shape index (κ1) is 12.7. The van der Waals surface area contributed by atoms with Gasteiger partial charge in [-0.05, 0) is 44.5 Å². The lowest BCUT2D eigenvalue weighted by Gasteiger charge is -2.30. The predicted molar refractivity (Wildman–Crippen MR) is 79.9 cm³/mol. The molecular formula is C16H17N3O. The third-order valence-electron chi connectivity index (χ3n) is 3.15. The standard InChI is InChI=1S/C16H17N3O/c1-11-10-16(2,3)19-13-4-5-14(18-15(11)13)20-12-6-8-17-9-7-12/h4-10,19H,1-3H3. The quantitative estimate of drug-likeness (QED) is 0.897. The van der Waals surface area contributed by atoms with Crippen molar-refractivity contribution in [3.63, 3.8) is 0 Å². The van der Waals surface area contributed by atoms with Gasteiger partial charge in [0.15, 0.2) is 0 Å². The maximum absolute atomic E-state index is 5.74. The van der Waals surface area contributed by atoms with Gasteiger partial charge in [0, 0.05) is 18.5 Å². The van der Waals surface area contributed by atoms with E-state index in [1.807, 2.05) is 24.3 Å².